The zero-order valence-electron chi connectivity index (χ0n) is 30.4. The van der Waals surface area contributed by atoms with E-state index in [1.807, 2.05) is 34.0 Å². The smallest absolute Gasteiger partial charge is 0.0555 e. The van der Waals surface area contributed by atoms with Crippen LogP contribution in [0.15, 0.2) is 182 Å². The first-order valence-corrected chi connectivity index (χ1v) is 21.7. The maximum atomic E-state index is 2.43. The molecule has 5 heteroatoms. The van der Waals surface area contributed by atoms with E-state index >= 15 is 0 Å². The molecule has 0 aliphatic carbocycles. The molecular weight excluding hydrogens is 749 g/mol. The molecule has 0 radical (unpaired) electrons. The summed E-state index contributed by atoms with van der Waals surface area (Å²) in [5.74, 6) is 0. The Kier molecular flexibility index (Phi) is 6.67. The van der Waals surface area contributed by atoms with Gasteiger partial charge in [0.1, 0.15) is 0 Å². The molecule has 8 aromatic carbocycles. The first-order valence-electron chi connectivity index (χ1n) is 19.3. The van der Waals surface area contributed by atoms with Crippen molar-refractivity contribution in [1.29, 1.82) is 0 Å². The Morgan fingerprint density at radius 1 is 0.281 bits per heavy atom. The fourth-order valence-electron chi connectivity index (χ4n) is 9.22. The van der Waals surface area contributed by atoms with Crippen molar-refractivity contribution in [2.75, 3.05) is 0 Å². The van der Waals surface area contributed by atoms with Gasteiger partial charge in [-0.25, -0.2) is 0 Å². The van der Waals surface area contributed by atoms with Gasteiger partial charge in [-0.1, -0.05) is 109 Å². The lowest BCUT2D eigenvalue weighted by atomic mass is 10.1. The first kappa shape index (κ1) is 31.7. The van der Waals surface area contributed by atoms with Crippen LogP contribution in [-0.2, 0) is 0 Å². The van der Waals surface area contributed by atoms with Crippen LogP contribution in [0, 0.1) is 0 Å². The fourth-order valence-corrected chi connectivity index (χ4v) is 12.8. The first-order chi connectivity index (χ1) is 28.3. The van der Waals surface area contributed by atoms with Gasteiger partial charge in [0, 0.05) is 83.0 Å². The molecule has 0 bridgehead atoms. The van der Waals surface area contributed by atoms with Gasteiger partial charge in [-0.2, -0.15) is 0 Å². The Morgan fingerprint density at radius 2 is 0.684 bits per heavy atom. The average Bonchev–Trinajstić information content (AvgIpc) is 4.10. The van der Waals surface area contributed by atoms with Gasteiger partial charge in [-0.3, -0.25) is 0 Å². The fraction of sp³-hybridized carbons (Fsp3) is 0. The highest BCUT2D eigenvalue weighted by atomic mass is 32.1. The molecule has 13 rings (SSSR count). The monoisotopic (exact) mass is 778 g/mol. The number of para-hydroxylation sites is 2. The lowest BCUT2D eigenvalue weighted by Crippen LogP contribution is -1.93. The average molecular weight is 779 g/mol. The molecule has 266 valence electrons. The predicted molar refractivity (Wildman–Crippen MR) is 250 cm³/mol. The Labute approximate surface area is 339 Å². The standard InChI is InChI=1S/C52H30N2S3/c1-5-13-41-39(11-1)49-43(27-25-37-35-9-3-7-15-47(35)56-51(37)49)53(41)33-21-17-31(18-22-33)45-29-30-46(55-45)32-19-23-34(24-20-32)54-42-14-6-2-12-40(42)50-44(54)28-26-38-36-10-4-8-16-48(36)57-52(38)50/h1-30H. The highest BCUT2D eigenvalue weighted by molar-refractivity contribution is 7.27. The van der Waals surface area contributed by atoms with Crippen molar-refractivity contribution in [3.8, 4) is 32.3 Å². The molecule has 2 nitrogen and oxygen atoms in total. The molecule has 0 atom stereocenters. The van der Waals surface area contributed by atoms with Crippen molar-refractivity contribution >= 4 is 118 Å². The van der Waals surface area contributed by atoms with Crippen LogP contribution in [0.1, 0.15) is 0 Å². The molecular formula is C52H30N2S3. The molecule has 0 N–H and O–H groups in total. The van der Waals surface area contributed by atoms with Crippen LogP contribution in [0.2, 0.25) is 0 Å². The summed E-state index contributed by atoms with van der Waals surface area (Å²) >= 11 is 5.66. The summed E-state index contributed by atoms with van der Waals surface area (Å²) < 4.78 is 10.3. The summed E-state index contributed by atoms with van der Waals surface area (Å²) in [4.78, 5) is 2.54. The van der Waals surface area contributed by atoms with E-state index in [-0.39, 0.29) is 0 Å². The summed E-state index contributed by atoms with van der Waals surface area (Å²) in [5, 5.41) is 10.6. The van der Waals surface area contributed by atoms with Gasteiger partial charge in [0.15, 0.2) is 0 Å². The Bertz CT molecular complexity index is 3490. The minimum absolute atomic E-state index is 1.18. The van der Waals surface area contributed by atoms with E-state index in [2.05, 4.69) is 191 Å². The van der Waals surface area contributed by atoms with Crippen molar-refractivity contribution < 1.29 is 0 Å². The number of aromatic nitrogens is 2. The topological polar surface area (TPSA) is 9.86 Å². The Hall–Kier alpha value is -6.50. The SMILES string of the molecule is c1ccc2c(c1)sc1c2ccc2c1c1ccccc1n2-c1ccc(-c2ccc(-c3ccc(-n4c5ccccc5c5c6sc7ccccc7c6ccc54)cc3)s2)cc1. The Balaban J connectivity index is 0.854. The van der Waals surface area contributed by atoms with Crippen molar-refractivity contribution in [3.63, 3.8) is 0 Å². The van der Waals surface area contributed by atoms with Crippen LogP contribution in [0.25, 0.3) is 116 Å². The molecule has 0 saturated carbocycles. The zero-order chi connectivity index (χ0) is 37.2. The summed E-state index contributed by atoms with van der Waals surface area (Å²) in [5.41, 5.74) is 9.79. The largest absolute Gasteiger partial charge is 0.309 e. The van der Waals surface area contributed by atoms with E-state index in [1.54, 1.807) is 0 Å². The molecule has 13 aromatic rings. The highest BCUT2D eigenvalue weighted by Gasteiger charge is 2.19. The maximum absolute atomic E-state index is 2.43. The van der Waals surface area contributed by atoms with E-state index in [0.29, 0.717) is 0 Å². The summed E-state index contributed by atoms with van der Waals surface area (Å²) in [6, 6.07) is 67.3. The zero-order valence-corrected chi connectivity index (χ0v) is 32.9. The second-order valence-electron chi connectivity index (χ2n) is 14.8. The predicted octanol–water partition coefficient (Wildman–Crippen LogP) is 16.0. The van der Waals surface area contributed by atoms with Crippen molar-refractivity contribution in [2.24, 2.45) is 0 Å². The summed E-state index contributed by atoms with van der Waals surface area (Å²) in [7, 11) is 0. The third kappa shape index (κ3) is 4.56. The summed E-state index contributed by atoms with van der Waals surface area (Å²) in [6.07, 6.45) is 0. The molecule has 0 aliphatic rings. The van der Waals surface area contributed by atoms with Gasteiger partial charge >= 0.3 is 0 Å². The minimum atomic E-state index is 1.18. The summed E-state index contributed by atoms with van der Waals surface area (Å²) in [6.45, 7) is 0. The molecule has 0 saturated heterocycles. The number of fused-ring (bicyclic) bond motifs is 14. The third-order valence-corrected chi connectivity index (χ3v) is 15.4. The molecule has 5 aromatic heterocycles. The molecule has 0 amide bonds. The number of hydrogen-bond acceptors (Lipinski definition) is 3. The number of hydrogen-bond donors (Lipinski definition) is 0. The minimum Gasteiger partial charge on any atom is -0.309 e. The van der Waals surface area contributed by atoms with Crippen LogP contribution >= 0.6 is 34.0 Å². The van der Waals surface area contributed by atoms with E-state index < -0.39 is 0 Å². The van der Waals surface area contributed by atoms with Gasteiger partial charge in [0.2, 0.25) is 0 Å². The van der Waals surface area contributed by atoms with Gasteiger partial charge in [-0.15, -0.1) is 34.0 Å². The van der Waals surface area contributed by atoms with Crippen LogP contribution in [0.3, 0.4) is 0 Å². The van der Waals surface area contributed by atoms with E-state index in [0.717, 1.165) is 0 Å². The highest BCUT2D eigenvalue weighted by Crippen LogP contribution is 2.45. The van der Waals surface area contributed by atoms with Crippen molar-refractivity contribution in [1.82, 2.24) is 9.13 Å². The number of nitrogens with zero attached hydrogens (tertiary/aromatic N) is 2. The molecule has 0 aliphatic heterocycles. The van der Waals surface area contributed by atoms with Gasteiger partial charge in [0.25, 0.3) is 0 Å². The van der Waals surface area contributed by atoms with Crippen LogP contribution < -0.4 is 0 Å². The molecule has 5 heterocycles. The van der Waals surface area contributed by atoms with Gasteiger partial charge < -0.3 is 9.13 Å². The number of benzene rings is 8. The quantitative estimate of drug-likeness (QED) is 0.168. The van der Waals surface area contributed by atoms with Crippen LogP contribution in [0.4, 0.5) is 0 Å². The van der Waals surface area contributed by atoms with E-state index in [1.165, 1.54) is 116 Å². The molecule has 57 heavy (non-hydrogen) atoms. The van der Waals surface area contributed by atoms with Crippen LogP contribution in [-0.4, -0.2) is 9.13 Å². The normalized spacial score (nSPS) is 12.2. The number of thiophene rings is 3. The molecule has 0 unspecified atom stereocenters. The second kappa shape index (κ2) is 12.0. The van der Waals surface area contributed by atoms with Crippen molar-refractivity contribution in [2.45, 2.75) is 0 Å². The van der Waals surface area contributed by atoms with Gasteiger partial charge in [-0.05, 0) is 83.9 Å². The molecule has 0 fully saturated rings. The lowest BCUT2D eigenvalue weighted by Gasteiger charge is -2.09. The third-order valence-electron chi connectivity index (χ3n) is 11.8. The van der Waals surface area contributed by atoms with E-state index in [4.69, 9.17) is 0 Å². The maximum Gasteiger partial charge on any atom is 0.0555 e. The Morgan fingerprint density at radius 3 is 1.14 bits per heavy atom. The second-order valence-corrected chi connectivity index (χ2v) is 18.0. The lowest BCUT2D eigenvalue weighted by molar-refractivity contribution is 1.18. The van der Waals surface area contributed by atoms with Gasteiger partial charge in [0.05, 0.1) is 22.1 Å². The van der Waals surface area contributed by atoms with E-state index in [9.17, 15) is 0 Å². The number of rotatable bonds is 4. The van der Waals surface area contributed by atoms with Crippen LogP contribution in [0.5, 0.6) is 0 Å². The molecule has 0 spiro atoms. The van der Waals surface area contributed by atoms with Crippen molar-refractivity contribution in [3.05, 3.63) is 182 Å².